The van der Waals surface area contributed by atoms with E-state index >= 15 is 0 Å². The van der Waals surface area contributed by atoms with E-state index in [1.54, 1.807) is 6.07 Å². The van der Waals surface area contributed by atoms with Gasteiger partial charge < -0.3 is 10.5 Å². The smallest absolute Gasteiger partial charge is 0.242 e. The summed E-state index contributed by atoms with van der Waals surface area (Å²) in [5.41, 5.74) is 7.78. The average molecular weight is 267 g/mol. The third-order valence-electron chi connectivity index (χ3n) is 3.28. The van der Waals surface area contributed by atoms with E-state index in [9.17, 15) is 0 Å². The standard InChI is InChI=1S/C16H17N3O/c1-3-11(2)13-6-4-5-7-15(13)20-16-14(18)8-12(9-17)10-19-16/h4-8,10-11H,3,18H2,1-2H3. The van der Waals surface area contributed by atoms with Crippen molar-refractivity contribution >= 4 is 5.69 Å². The van der Waals surface area contributed by atoms with Gasteiger partial charge in [0.25, 0.3) is 0 Å². The first-order valence-electron chi connectivity index (χ1n) is 6.58. The zero-order valence-corrected chi connectivity index (χ0v) is 11.6. The molecule has 102 valence electrons. The van der Waals surface area contributed by atoms with E-state index in [1.165, 1.54) is 6.20 Å². The number of nitrogens with zero attached hydrogens (tertiary/aromatic N) is 2. The molecule has 4 nitrogen and oxygen atoms in total. The molecule has 0 aliphatic rings. The van der Waals surface area contributed by atoms with Crippen LogP contribution >= 0.6 is 0 Å². The molecule has 1 unspecified atom stereocenters. The first-order valence-corrected chi connectivity index (χ1v) is 6.58. The monoisotopic (exact) mass is 267 g/mol. The maximum absolute atomic E-state index is 8.81. The van der Waals surface area contributed by atoms with Crippen LogP contribution in [0, 0.1) is 11.3 Å². The molecule has 2 rings (SSSR count). The van der Waals surface area contributed by atoms with Crippen LogP contribution in [-0.2, 0) is 0 Å². The van der Waals surface area contributed by atoms with Gasteiger partial charge in [-0.2, -0.15) is 5.26 Å². The third-order valence-corrected chi connectivity index (χ3v) is 3.28. The summed E-state index contributed by atoms with van der Waals surface area (Å²) in [5.74, 6) is 1.48. The van der Waals surface area contributed by atoms with Gasteiger partial charge in [-0.25, -0.2) is 4.98 Å². The first-order chi connectivity index (χ1) is 9.65. The minimum Gasteiger partial charge on any atom is -0.437 e. The predicted octanol–water partition coefficient (Wildman–Crippen LogP) is 3.84. The van der Waals surface area contributed by atoms with Gasteiger partial charge in [-0.1, -0.05) is 32.0 Å². The number of para-hydroxylation sites is 1. The highest BCUT2D eigenvalue weighted by molar-refractivity contribution is 5.54. The number of hydrogen-bond acceptors (Lipinski definition) is 4. The molecule has 1 atom stereocenters. The van der Waals surface area contributed by atoms with Gasteiger partial charge in [-0.05, 0) is 30.0 Å². The lowest BCUT2D eigenvalue weighted by Gasteiger charge is -2.15. The Hall–Kier alpha value is -2.54. The van der Waals surface area contributed by atoms with Gasteiger partial charge in [0.15, 0.2) is 0 Å². The molecule has 0 fully saturated rings. The molecule has 0 aliphatic carbocycles. The summed E-state index contributed by atoms with van der Waals surface area (Å²) >= 11 is 0. The van der Waals surface area contributed by atoms with Crippen LogP contribution in [-0.4, -0.2) is 4.98 Å². The number of nitrogen functional groups attached to an aromatic ring is 1. The van der Waals surface area contributed by atoms with E-state index in [2.05, 4.69) is 18.8 Å². The number of anilines is 1. The van der Waals surface area contributed by atoms with Gasteiger partial charge in [0, 0.05) is 6.20 Å². The van der Waals surface area contributed by atoms with E-state index in [4.69, 9.17) is 15.7 Å². The number of ether oxygens (including phenoxy) is 1. The topological polar surface area (TPSA) is 71.9 Å². The number of nitrogens with two attached hydrogens (primary N) is 1. The Labute approximate surface area is 118 Å². The normalized spacial score (nSPS) is 11.7. The van der Waals surface area contributed by atoms with E-state index in [-0.39, 0.29) is 0 Å². The van der Waals surface area contributed by atoms with E-state index < -0.39 is 0 Å². The SMILES string of the molecule is CCC(C)c1ccccc1Oc1ncc(C#N)cc1N. The molecule has 2 aromatic rings. The van der Waals surface area contributed by atoms with Gasteiger partial charge >= 0.3 is 0 Å². The summed E-state index contributed by atoms with van der Waals surface area (Å²) in [6.07, 6.45) is 2.48. The Morgan fingerprint density at radius 1 is 1.40 bits per heavy atom. The van der Waals surface area contributed by atoms with Crippen LogP contribution in [0.15, 0.2) is 36.5 Å². The zero-order valence-electron chi connectivity index (χ0n) is 11.6. The number of nitriles is 1. The summed E-state index contributed by atoms with van der Waals surface area (Å²) < 4.78 is 5.82. The molecule has 0 aliphatic heterocycles. The van der Waals surface area contributed by atoms with Crippen LogP contribution in [0.3, 0.4) is 0 Å². The maximum atomic E-state index is 8.81. The maximum Gasteiger partial charge on any atom is 0.242 e. The average Bonchev–Trinajstić information content (AvgIpc) is 2.49. The highest BCUT2D eigenvalue weighted by Gasteiger charge is 2.12. The van der Waals surface area contributed by atoms with Crippen LogP contribution in [0.1, 0.15) is 37.3 Å². The third kappa shape index (κ3) is 2.89. The fourth-order valence-corrected chi connectivity index (χ4v) is 1.92. The van der Waals surface area contributed by atoms with Crippen LogP contribution < -0.4 is 10.5 Å². The minimum absolute atomic E-state index is 0.333. The van der Waals surface area contributed by atoms with Crippen molar-refractivity contribution in [1.82, 2.24) is 4.98 Å². The molecule has 0 spiro atoms. The van der Waals surface area contributed by atoms with Crippen LogP contribution in [0.2, 0.25) is 0 Å². The number of hydrogen-bond donors (Lipinski definition) is 1. The summed E-state index contributed by atoms with van der Waals surface area (Å²) in [5, 5.41) is 8.81. The lowest BCUT2D eigenvalue weighted by Crippen LogP contribution is -2.00. The Balaban J connectivity index is 2.33. The van der Waals surface area contributed by atoms with Crippen molar-refractivity contribution < 1.29 is 4.74 Å². The lowest BCUT2D eigenvalue weighted by atomic mass is 9.98. The molecule has 1 aromatic heterocycles. The number of pyridine rings is 1. The predicted molar refractivity (Wildman–Crippen MR) is 78.6 cm³/mol. The van der Waals surface area contributed by atoms with Gasteiger partial charge in [-0.15, -0.1) is 0 Å². The quantitative estimate of drug-likeness (QED) is 0.913. The molecule has 1 heterocycles. The van der Waals surface area contributed by atoms with Gasteiger partial charge in [0.1, 0.15) is 11.8 Å². The van der Waals surface area contributed by atoms with Gasteiger partial charge in [-0.3, -0.25) is 0 Å². The Morgan fingerprint density at radius 2 is 2.15 bits per heavy atom. The van der Waals surface area contributed by atoms with Crippen LogP contribution in [0.25, 0.3) is 0 Å². The van der Waals surface area contributed by atoms with E-state index in [0.29, 0.717) is 23.0 Å². The zero-order chi connectivity index (χ0) is 14.5. The molecule has 0 saturated carbocycles. The van der Waals surface area contributed by atoms with Crippen molar-refractivity contribution in [3.05, 3.63) is 47.7 Å². The van der Waals surface area contributed by atoms with Crippen molar-refractivity contribution in [2.24, 2.45) is 0 Å². The largest absolute Gasteiger partial charge is 0.437 e. The second-order valence-corrected chi connectivity index (χ2v) is 4.68. The van der Waals surface area contributed by atoms with Crippen LogP contribution in [0.4, 0.5) is 5.69 Å². The highest BCUT2D eigenvalue weighted by Crippen LogP contribution is 2.33. The van der Waals surface area contributed by atoms with Crippen molar-refractivity contribution in [1.29, 1.82) is 5.26 Å². The summed E-state index contributed by atoms with van der Waals surface area (Å²) in [4.78, 5) is 4.10. The molecule has 4 heteroatoms. The number of aromatic nitrogens is 1. The van der Waals surface area contributed by atoms with Crippen molar-refractivity contribution in [3.63, 3.8) is 0 Å². The Bertz CT molecular complexity index is 646. The molecule has 0 radical (unpaired) electrons. The molecular formula is C16H17N3O. The van der Waals surface area contributed by atoms with Crippen molar-refractivity contribution in [2.45, 2.75) is 26.2 Å². The first kappa shape index (κ1) is 13.9. The number of rotatable bonds is 4. The molecule has 1 aromatic carbocycles. The van der Waals surface area contributed by atoms with Gasteiger partial charge in [0.2, 0.25) is 5.88 Å². The minimum atomic E-state index is 0.333. The Kier molecular flexibility index (Phi) is 4.21. The second kappa shape index (κ2) is 6.07. The summed E-state index contributed by atoms with van der Waals surface area (Å²) in [6.45, 7) is 4.29. The van der Waals surface area contributed by atoms with E-state index in [1.807, 2.05) is 30.3 Å². The molecular weight excluding hydrogens is 250 g/mol. The van der Waals surface area contributed by atoms with Gasteiger partial charge in [0.05, 0.1) is 11.3 Å². The molecule has 0 saturated heterocycles. The fraction of sp³-hybridized carbons (Fsp3) is 0.250. The van der Waals surface area contributed by atoms with Crippen molar-refractivity contribution in [3.8, 4) is 17.7 Å². The highest BCUT2D eigenvalue weighted by atomic mass is 16.5. The lowest BCUT2D eigenvalue weighted by molar-refractivity contribution is 0.454. The molecule has 0 amide bonds. The Morgan fingerprint density at radius 3 is 2.80 bits per heavy atom. The van der Waals surface area contributed by atoms with Crippen molar-refractivity contribution in [2.75, 3.05) is 5.73 Å². The second-order valence-electron chi connectivity index (χ2n) is 4.68. The van der Waals surface area contributed by atoms with E-state index in [0.717, 1.165) is 17.7 Å². The molecule has 2 N–H and O–H groups in total. The molecule has 0 bridgehead atoms. The van der Waals surface area contributed by atoms with Crippen LogP contribution in [0.5, 0.6) is 11.6 Å². The summed E-state index contributed by atoms with van der Waals surface area (Å²) in [6, 6.07) is 11.4. The number of benzene rings is 1. The summed E-state index contributed by atoms with van der Waals surface area (Å²) in [7, 11) is 0. The fourth-order valence-electron chi connectivity index (χ4n) is 1.92. The molecule has 20 heavy (non-hydrogen) atoms.